The molecule has 20 heavy (non-hydrogen) atoms. The van der Waals surface area contributed by atoms with Crippen LogP contribution in [0.15, 0.2) is 48.5 Å². The molecule has 2 aromatic carbocycles. The van der Waals surface area contributed by atoms with Crippen molar-refractivity contribution in [1.29, 1.82) is 0 Å². The van der Waals surface area contributed by atoms with Crippen molar-refractivity contribution >= 4 is 23.5 Å². The number of nitrogens with zero attached hydrogens (tertiary/aromatic N) is 2. The molecule has 0 aromatic heterocycles. The van der Waals surface area contributed by atoms with Gasteiger partial charge in [0.15, 0.2) is 0 Å². The van der Waals surface area contributed by atoms with Crippen LogP contribution < -0.4 is 9.80 Å². The second-order valence-electron chi connectivity index (χ2n) is 5.28. The Labute approximate surface area is 122 Å². The number of anilines is 2. The quantitative estimate of drug-likeness (QED) is 0.772. The maximum Gasteiger partial charge on any atom is 0.0434 e. The Kier molecular flexibility index (Phi) is 4.46. The lowest BCUT2D eigenvalue weighted by Crippen LogP contribution is -2.09. The minimum Gasteiger partial charge on any atom is -0.378 e. The van der Waals surface area contributed by atoms with Crippen molar-refractivity contribution in [2.24, 2.45) is 0 Å². The summed E-state index contributed by atoms with van der Waals surface area (Å²) >= 11 is 0. The summed E-state index contributed by atoms with van der Waals surface area (Å²) in [7, 11) is 8.26. The third kappa shape index (κ3) is 3.41. The van der Waals surface area contributed by atoms with E-state index in [9.17, 15) is 0 Å². The fourth-order valence-corrected chi connectivity index (χ4v) is 2.13. The highest BCUT2D eigenvalue weighted by Crippen LogP contribution is 2.21. The standard InChI is InChI=1S/C18H22N2/c1-19(2)17-10-7-8-15(14-17)12-13-16-9-5-6-11-18(16)20(3)4/h5-14H,1-4H3/b13-12+. The SMILES string of the molecule is CN(C)c1cccc(/C=C/c2ccccc2N(C)C)c1. The second-order valence-corrected chi connectivity index (χ2v) is 5.28. The predicted octanol–water partition coefficient (Wildman–Crippen LogP) is 3.99. The molecule has 0 heterocycles. The number of hydrogen-bond donors (Lipinski definition) is 0. The molecule has 0 radical (unpaired) electrons. The normalized spacial score (nSPS) is 10.8. The van der Waals surface area contributed by atoms with Crippen molar-refractivity contribution < 1.29 is 0 Å². The van der Waals surface area contributed by atoms with E-state index in [1.807, 2.05) is 0 Å². The first-order valence-electron chi connectivity index (χ1n) is 6.80. The van der Waals surface area contributed by atoms with Crippen LogP contribution in [0, 0.1) is 0 Å². The molecule has 0 spiro atoms. The van der Waals surface area contributed by atoms with Crippen molar-refractivity contribution in [2.75, 3.05) is 38.0 Å². The molecule has 2 heteroatoms. The Morgan fingerprint density at radius 2 is 1.50 bits per heavy atom. The summed E-state index contributed by atoms with van der Waals surface area (Å²) in [5.41, 5.74) is 4.89. The van der Waals surface area contributed by atoms with Crippen molar-refractivity contribution in [3.05, 3.63) is 59.7 Å². The zero-order valence-corrected chi connectivity index (χ0v) is 12.7. The summed E-state index contributed by atoms with van der Waals surface area (Å²) in [4.78, 5) is 4.25. The van der Waals surface area contributed by atoms with E-state index in [2.05, 4.69) is 98.7 Å². The molecule has 0 aliphatic rings. The van der Waals surface area contributed by atoms with Gasteiger partial charge in [-0.1, -0.05) is 42.5 Å². The van der Waals surface area contributed by atoms with Crippen LogP contribution in [0.3, 0.4) is 0 Å². The van der Waals surface area contributed by atoms with E-state index in [-0.39, 0.29) is 0 Å². The number of para-hydroxylation sites is 1. The minimum atomic E-state index is 1.21. The fraction of sp³-hybridized carbons (Fsp3) is 0.222. The summed E-state index contributed by atoms with van der Waals surface area (Å²) in [6.45, 7) is 0. The molecule has 0 saturated carbocycles. The second kappa shape index (κ2) is 6.29. The molecule has 0 saturated heterocycles. The van der Waals surface area contributed by atoms with E-state index in [1.165, 1.54) is 22.5 Å². The zero-order valence-electron chi connectivity index (χ0n) is 12.7. The highest BCUT2D eigenvalue weighted by molar-refractivity contribution is 5.77. The summed E-state index contributed by atoms with van der Waals surface area (Å²) < 4.78 is 0. The molecule has 2 nitrogen and oxygen atoms in total. The molecule has 0 unspecified atom stereocenters. The van der Waals surface area contributed by atoms with Crippen molar-refractivity contribution in [3.8, 4) is 0 Å². The van der Waals surface area contributed by atoms with Gasteiger partial charge in [-0.15, -0.1) is 0 Å². The van der Waals surface area contributed by atoms with E-state index in [1.54, 1.807) is 0 Å². The van der Waals surface area contributed by atoms with E-state index >= 15 is 0 Å². The van der Waals surface area contributed by atoms with Gasteiger partial charge in [-0.3, -0.25) is 0 Å². The van der Waals surface area contributed by atoms with E-state index in [0.29, 0.717) is 0 Å². The Hall–Kier alpha value is -2.22. The summed E-state index contributed by atoms with van der Waals surface area (Å²) in [5, 5.41) is 0. The van der Waals surface area contributed by atoms with Gasteiger partial charge in [-0.2, -0.15) is 0 Å². The van der Waals surface area contributed by atoms with Crippen molar-refractivity contribution in [2.45, 2.75) is 0 Å². The topological polar surface area (TPSA) is 6.48 Å². The van der Waals surface area contributed by atoms with Gasteiger partial charge in [-0.05, 0) is 29.3 Å². The molecule has 2 rings (SSSR count). The molecular weight excluding hydrogens is 244 g/mol. The largest absolute Gasteiger partial charge is 0.378 e. The van der Waals surface area contributed by atoms with Crippen LogP contribution in [-0.2, 0) is 0 Å². The molecule has 0 bridgehead atoms. The Morgan fingerprint density at radius 1 is 0.750 bits per heavy atom. The Bertz CT molecular complexity index is 598. The first-order chi connectivity index (χ1) is 9.58. The maximum absolute atomic E-state index is 2.19. The smallest absolute Gasteiger partial charge is 0.0434 e. The van der Waals surface area contributed by atoms with Crippen LogP contribution in [0.25, 0.3) is 12.2 Å². The van der Waals surface area contributed by atoms with Gasteiger partial charge in [0.05, 0.1) is 0 Å². The monoisotopic (exact) mass is 266 g/mol. The number of hydrogen-bond acceptors (Lipinski definition) is 2. The van der Waals surface area contributed by atoms with Gasteiger partial charge >= 0.3 is 0 Å². The van der Waals surface area contributed by atoms with Crippen LogP contribution in [0.2, 0.25) is 0 Å². The van der Waals surface area contributed by atoms with Crippen LogP contribution >= 0.6 is 0 Å². The predicted molar refractivity (Wildman–Crippen MR) is 90.5 cm³/mol. The van der Waals surface area contributed by atoms with Gasteiger partial charge in [-0.25, -0.2) is 0 Å². The van der Waals surface area contributed by atoms with Gasteiger partial charge in [0, 0.05) is 39.6 Å². The van der Waals surface area contributed by atoms with Crippen LogP contribution in [0.5, 0.6) is 0 Å². The van der Waals surface area contributed by atoms with E-state index in [0.717, 1.165) is 0 Å². The van der Waals surface area contributed by atoms with Crippen LogP contribution in [0.4, 0.5) is 11.4 Å². The highest BCUT2D eigenvalue weighted by Gasteiger charge is 2.00. The first kappa shape index (κ1) is 14.2. The van der Waals surface area contributed by atoms with Crippen LogP contribution in [0.1, 0.15) is 11.1 Å². The molecule has 104 valence electrons. The molecule has 0 fully saturated rings. The lowest BCUT2D eigenvalue weighted by Gasteiger charge is -2.15. The number of benzene rings is 2. The van der Waals surface area contributed by atoms with Crippen molar-refractivity contribution in [1.82, 2.24) is 0 Å². The molecule has 0 aliphatic heterocycles. The Balaban J connectivity index is 2.28. The Morgan fingerprint density at radius 3 is 2.20 bits per heavy atom. The van der Waals surface area contributed by atoms with E-state index in [4.69, 9.17) is 0 Å². The maximum atomic E-state index is 2.19. The van der Waals surface area contributed by atoms with Crippen LogP contribution in [-0.4, -0.2) is 28.2 Å². The van der Waals surface area contributed by atoms with Crippen molar-refractivity contribution in [3.63, 3.8) is 0 Å². The van der Waals surface area contributed by atoms with E-state index < -0.39 is 0 Å². The third-order valence-corrected chi connectivity index (χ3v) is 3.26. The molecular formula is C18H22N2. The highest BCUT2D eigenvalue weighted by atomic mass is 15.1. The molecule has 0 amide bonds. The van der Waals surface area contributed by atoms with Gasteiger partial charge in [0.25, 0.3) is 0 Å². The summed E-state index contributed by atoms with van der Waals surface area (Å²) in [6.07, 6.45) is 4.33. The number of rotatable bonds is 4. The minimum absolute atomic E-state index is 1.21. The van der Waals surface area contributed by atoms with Gasteiger partial charge < -0.3 is 9.80 Å². The molecule has 2 aromatic rings. The van der Waals surface area contributed by atoms with Gasteiger partial charge in [0.2, 0.25) is 0 Å². The summed E-state index contributed by atoms with van der Waals surface area (Å²) in [5.74, 6) is 0. The first-order valence-corrected chi connectivity index (χ1v) is 6.80. The molecule has 0 N–H and O–H groups in total. The average Bonchev–Trinajstić information content (AvgIpc) is 2.45. The molecule has 0 aliphatic carbocycles. The molecule has 0 atom stereocenters. The van der Waals surface area contributed by atoms with Gasteiger partial charge in [0.1, 0.15) is 0 Å². The third-order valence-electron chi connectivity index (χ3n) is 3.26. The lowest BCUT2D eigenvalue weighted by atomic mass is 10.1. The fourth-order valence-electron chi connectivity index (χ4n) is 2.13. The zero-order chi connectivity index (χ0) is 14.5. The summed E-state index contributed by atoms with van der Waals surface area (Å²) in [6, 6.07) is 16.9. The average molecular weight is 266 g/mol. The lowest BCUT2D eigenvalue weighted by molar-refractivity contribution is 1.13.